The first-order valence-electron chi connectivity index (χ1n) is 29.7. The molecule has 0 aliphatic rings. The van der Waals surface area contributed by atoms with Gasteiger partial charge in [0.1, 0.15) is 23.1 Å². The molecule has 0 amide bonds. The molecule has 0 spiro atoms. The summed E-state index contributed by atoms with van der Waals surface area (Å²) in [4.78, 5) is 1.32. The standard InChI is InChI=1S/C25H20ClNO4S2.C25H19F2NO4S2.C25H20FNO4S2/c1-16(28)15-32-24-14-23(21-4-2-3-5-22(21)25(24)29)27-33(30,31)20-12-8-18(9-13-20)17-6-10-19(26)11-7-17;1-15(29)14-33-24-13-23(19-4-2-3-5-20(19)25(24)30)28-34(31,32)18-9-6-16(7-10-18)17-8-11-21(26)22(27)12-17;1-16(28)15-32-24-14-23(21-7-2-3-8-22(21)25(24)29)27-33(30,31)20-11-9-17(10-12-20)18-5-4-6-19(26)13-18/h2-14,27-29H,1,15H2;2-13,28-30H,1,14H2;2-14,27-29H,1,15H2. The molecule has 0 heterocycles. The van der Waals surface area contributed by atoms with Crippen LogP contribution in [0.15, 0.2) is 297 Å². The maximum atomic E-state index is 13.5. The number of anilines is 3. The van der Waals surface area contributed by atoms with E-state index in [1.54, 1.807) is 140 Å². The minimum atomic E-state index is -4.02. The van der Waals surface area contributed by atoms with Crippen LogP contribution in [0, 0.1) is 17.5 Å². The highest BCUT2D eigenvalue weighted by molar-refractivity contribution is 8.00. The summed E-state index contributed by atoms with van der Waals surface area (Å²) in [6.45, 7) is 10.3. The van der Waals surface area contributed by atoms with Gasteiger partial charge in [0.25, 0.3) is 30.1 Å². The number of hydrogen-bond donors (Lipinski definition) is 9. The number of rotatable bonds is 21. The normalized spacial score (nSPS) is 11.4. The Hall–Kier alpha value is -10.2. The molecule has 0 saturated heterocycles. The topological polar surface area (TPSA) is 260 Å². The fourth-order valence-electron chi connectivity index (χ4n) is 10.1. The second kappa shape index (κ2) is 31.3. The number of aromatic hydroxyl groups is 3. The van der Waals surface area contributed by atoms with Gasteiger partial charge in [0.15, 0.2) is 11.6 Å². The van der Waals surface area contributed by atoms with Gasteiger partial charge in [0.05, 0.1) is 81.0 Å². The molecule has 100 heavy (non-hydrogen) atoms. The predicted molar refractivity (Wildman–Crippen MR) is 397 cm³/mol. The lowest BCUT2D eigenvalue weighted by Gasteiger charge is -2.15. The average molecular weight is 1480 g/mol. The Bertz CT molecular complexity index is 5470. The van der Waals surface area contributed by atoms with E-state index in [-0.39, 0.29) is 78.0 Å². The summed E-state index contributed by atoms with van der Waals surface area (Å²) >= 11 is 9.36. The van der Waals surface area contributed by atoms with E-state index in [0.29, 0.717) is 85.7 Å². The third-order valence-corrected chi connectivity index (χ3v) is 22.6. The number of halogens is 4. The van der Waals surface area contributed by atoms with Crippen molar-refractivity contribution in [1.82, 2.24) is 0 Å². The molecule has 0 bridgehead atoms. The van der Waals surface area contributed by atoms with Gasteiger partial charge in [-0.2, -0.15) is 0 Å². The Morgan fingerprint density at radius 1 is 0.350 bits per heavy atom. The van der Waals surface area contributed by atoms with Crippen molar-refractivity contribution in [2.45, 2.75) is 29.4 Å². The van der Waals surface area contributed by atoms with E-state index in [1.165, 1.54) is 66.7 Å². The molecule has 15 nitrogen and oxygen atoms in total. The molecule has 0 aromatic heterocycles. The molecular weight excluding hydrogens is 1420 g/mol. The Morgan fingerprint density at radius 2 is 0.640 bits per heavy atom. The van der Waals surface area contributed by atoms with Crippen molar-refractivity contribution in [3.63, 3.8) is 0 Å². The summed E-state index contributed by atoms with van der Waals surface area (Å²) in [6, 6.07) is 60.5. The van der Waals surface area contributed by atoms with Crippen LogP contribution in [0.4, 0.5) is 30.2 Å². The van der Waals surface area contributed by atoms with E-state index in [4.69, 9.17) is 11.6 Å². The number of fused-ring (bicyclic) bond motifs is 3. The van der Waals surface area contributed by atoms with Crippen molar-refractivity contribution >= 4 is 126 Å². The Kier molecular flexibility index (Phi) is 22.7. The zero-order chi connectivity index (χ0) is 71.6. The zero-order valence-corrected chi connectivity index (χ0v) is 57.9. The van der Waals surface area contributed by atoms with Gasteiger partial charge in [-0.25, -0.2) is 38.4 Å². The van der Waals surface area contributed by atoms with Crippen molar-refractivity contribution in [3.8, 4) is 50.6 Å². The van der Waals surface area contributed by atoms with Gasteiger partial charge in [-0.3, -0.25) is 14.2 Å². The number of aliphatic hydroxyl groups is 3. The van der Waals surface area contributed by atoms with Crippen LogP contribution in [-0.2, 0) is 30.1 Å². The van der Waals surface area contributed by atoms with Gasteiger partial charge in [-0.05, 0) is 124 Å². The summed E-state index contributed by atoms with van der Waals surface area (Å²) < 4.78 is 127. The van der Waals surface area contributed by atoms with Crippen molar-refractivity contribution in [3.05, 3.63) is 290 Å². The summed E-state index contributed by atoms with van der Waals surface area (Å²) in [6.07, 6.45) is 0. The minimum absolute atomic E-state index is 0.000700. The highest BCUT2D eigenvalue weighted by Crippen LogP contribution is 2.44. The average Bonchev–Trinajstić information content (AvgIpc) is 0.787. The number of sulfonamides is 3. The Balaban J connectivity index is 0.000000162. The molecule has 0 radical (unpaired) electrons. The van der Waals surface area contributed by atoms with Crippen molar-refractivity contribution in [2.24, 2.45) is 0 Å². The number of nitrogens with one attached hydrogen (secondary N) is 3. The van der Waals surface area contributed by atoms with E-state index in [1.807, 2.05) is 12.1 Å². The van der Waals surface area contributed by atoms with Crippen molar-refractivity contribution in [2.75, 3.05) is 31.4 Å². The highest BCUT2D eigenvalue weighted by atomic mass is 35.5. The smallest absolute Gasteiger partial charge is 0.261 e. The number of hydrogen-bond acceptors (Lipinski definition) is 15. The van der Waals surface area contributed by atoms with Crippen LogP contribution in [0.1, 0.15) is 0 Å². The molecule has 9 N–H and O–H groups in total. The monoisotopic (exact) mass is 1480 g/mol. The lowest BCUT2D eigenvalue weighted by Crippen LogP contribution is -2.13. The van der Waals surface area contributed by atoms with Crippen LogP contribution >= 0.6 is 46.9 Å². The van der Waals surface area contributed by atoms with E-state index in [2.05, 4.69) is 33.9 Å². The number of phenols is 3. The molecule has 0 fully saturated rings. The lowest BCUT2D eigenvalue weighted by molar-refractivity contribution is 0.419. The first-order valence-corrected chi connectivity index (χ1v) is 37.5. The molecule has 0 saturated carbocycles. The molecule has 0 unspecified atom stereocenters. The van der Waals surface area contributed by atoms with Gasteiger partial charge in [-0.1, -0.05) is 171 Å². The van der Waals surface area contributed by atoms with Crippen LogP contribution < -0.4 is 14.2 Å². The Morgan fingerprint density at radius 3 is 0.950 bits per heavy atom. The maximum Gasteiger partial charge on any atom is 0.261 e. The molecular formula is C75H59ClF3N3O12S6. The summed E-state index contributed by atoms with van der Waals surface area (Å²) in [5.74, 6) is -2.07. The molecule has 12 aromatic carbocycles. The van der Waals surface area contributed by atoms with Gasteiger partial charge in [-0.15, -0.1) is 35.3 Å². The van der Waals surface area contributed by atoms with Gasteiger partial charge < -0.3 is 30.6 Å². The summed E-state index contributed by atoms with van der Waals surface area (Å²) in [7, 11) is -11.9. The van der Waals surface area contributed by atoms with E-state index in [0.717, 1.165) is 58.5 Å². The molecule has 0 aliphatic heterocycles. The minimum Gasteiger partial charge on any atom is -0.512 e. The molecule has 25 heteroatoms. The van der Waals surface area contributed by atoms with Crippen molar-refractivity contribution < 1.29 is 69.1 Å². The molecule has 0 atom stereocenters. The molecule has 12 rings (SSSR count). The molecule has 0 aliphatic carbocycles. The van der Waals surface area contributed by atoms with E-state index in [9.17, 15) is 69.1 Å². The third kappa shape index (κ3) is 17.6. The maximum absolute atomic E-state index is 13.5. The van der Waals surface area contributed by atoms with Gasteiger partial charge >= 0.3 is 0 Å². The van der Waals surface area contributed by atoms with E-state index < -0.39 is 41.7 Å². The van der Waals surface area contributed by atoms with Gasteiger partial charge in [0.2, 0.25) is 0 Å². The fourth-order valence-corrected chi connectivity index (χ4v) is 15.8. The summed E-state index contributed by atoms with van der Waals surface area (Å²) in [5, 5.41) is 63.8. The second-order valence-corrected chi connectivity index (χ2v) is 30.6. The fraction of sp³-hybridized carbons (Fsp3) is 0.0400. The summed E-state index contributed by atoms with van der Waals surface area (Å²) in [5.41, 5.74) is 4.93. The Labute approximate surface area is 592 Å². The highest BCUT2D eigenvalue weighted by Gasteiger charge is 2.23. The van der Waals surface area contributed by atoms with Crippen LogP contribution in [0.5, 0.6) is 17.2 Å². The zero-order valence-electron chi connectivity index (χ0n) is 52.3. The van der Waals surface area contributed by atoms with Gasteiger partial charge in [0, 0.05) is 37.3 Å². The van der Waals surface area contributed by atoms with Crippen LogP contribution in [0.3, 0.4) is 0 Å². The SMILES string of the molecule is C=C(O)CSc1cc(NS(=O)(=O)c2ccc(-c3ccc(Cl)cc3)cc2)c2ccccc2c1O.C=C(O)CSc1cc(NS(=O)(=O)c2ccc(-c3ccc(F)c(F)c3)cc2)c2ccccc2c1O.C=C(O)CSc1cc(NS(=O)(=O)c2ccc(-c3cccc(F)c3)cc2)c2ccccc2c1O. The van der Waals surface area contributed by atoms with Crippen molar-refractivity contribution in [1.29, 1.82) is 0 Å². The van der Waals surface area contributed by atoms with Crippen LogP contribution in [0.2, 0.25) is 5.02 Å². The van der Waals surface area contributed by atoms with E-state index >= 15 is 0 Å². The van der Waals surface area contributed by atoms with Crippen LogP contribution in [0.25, 0.3) is 65.7 Å². The number of benzene rings is 12. The molecule has 510 valence electrons. The van der Waals surface area contributed by atoms with Crippen LogP contribution in [-0.4, -0.2) is 73.2 Å². The number of aliphatic hydroxyl groups excluding tert-OH is 3. The second-order valence-electron chi connectivity index (χ2n) is 22.0. The third-order valence-electron chi connectivity index (χ3n) is 14.9. The quantitative estimate of drug-likeness (QED) is 0.0184. The number of phenolic OH excluding ortho intramolecular Hbond substituents is 3. The molecule has 12 aromatic rings. The first-order chi connectivity index (χ1) is 47.6. The lowest BCUT2D eigenvalue weighted by atomic mass is 10.1. The first kappa shape index (κ1) is 72.6. The predicted octanol–water partition coefficient (Wildman–Crippen LogP) is 19.6. The largest absolute Gasteiger partial charge is 0.512 e. The number of thioether (sulfide) groups is 3.